The lowest BCUT2D eigenvalue weighted by Gasteiger charge is -2.42. The number of nitrogens with one attached hydrogen (secondary N) is 1. The third kappa shape index (κ3) is 18.4. The number of aliphatic hydroxyl groups excluding tert-OH is 3. The average molecular weight is 1870 g/mol. The summed E-state index contributed by atoms with van der Waals surface area (Å²) in [5, 5.41) is 96.8. The average Bonchev–Trinajstić information content (AvgIpc) is 1.60. The molecule has 32 nitrogen and oxygen atoms in total. The number of aliphatic hydroxyl groups is 3. The molecule has 712 valence electrons. The van der Waals surface area contributed by atoms with Crippen LogP contribution in [0.15, 0.2) is 159 Å². The second kappa shape index (κ2) is 39.7. The van der Waals surface area contributed by atoms with Crippen LogP contribution in [0.5, 0.6) is 23.0 Å². The van der Waals surface area contributed by atoms with Crippen molar-refractivity contribution in [3.05, 3.63) is 212 Å². The van der Waals surface area contributed by atoms with Crippen LogP contribution in [0.1, 0.15) is 206 Å². The topological polar surface area (TPSA) is 453 Å². The number of fused-ring (bicyclic) bond motifs is 12. The molecule has 5 aliphatic carbocycles. The Balaban J connectivity index is 0.000000123. The number of H-pyrrole nitrogens is 1. The van der Waals surface area contributed by atoms with Crippen LogP contribution < -0.4 is 18.9 Å². The number of carbonyl (C=O) groups is 4. The Morgan fingerprint density at radius 1 is 0.446 bits per heavy atom. The maximum absolute atomic E-state index is 12.9. The number of hydrogen-bond donors (Lipinski definition) is 5. The number of benzene rings is 8. The number of carbonyl (C=O) groups excluding carboxylic acids is 3. The predicted octanol–water partition coefficient (Wildman–Crippen LogP) is 16.5. The van der Waals surface area contributed by atoms with E-state index in [4.69, 9.17) is 42.5 Å². The summed E-state index contributed by atoms with van der Waals surface area (Å²) in [6.45, 7) is 22.5. The minimum Gasteiger partial charge on any atom is -0.490 e. The molecule has 9 aliphatic rings. The smallest absolute Gasteiger partial charge is 0.306 e. The van der Waals surface area contributed by atoms with E-state index in [1.54, 1.807) is 65.6 Å². The molecule has 5 N–H and O–H groups in total. The zero-order chi connectivity index (χ0) is 97.6. The molecule has 139 heavy (non-hydrogen) atoms. The predicted molar refractivity (Wildman–Crippen MR) is 508 cm³/mol. The number of likely N-dealkylation sites (tertiary alicyclic amines) is 4. The normalized spacial score (nSPS) is 20.8. The molecule has 21 rings (SSSR count). The first-order chi connectivity index (χ1) is 67.1. The fourth-order valence-corrected chi connectivity index (χ4v) is 21.9. The van der Waals surface area contributed by atoms with Gasteiger partial charge in [0.15, 0.2) is 11.6 Å². The number of aliphatic carboxylic acids is 1. The standard InChI is InChI=1S/C28H28N4O4.C28H30N4O4.C26H26N4O4.C25H25N5O3/c1-15(2)35-24-7-6-17(10-19(24)14-29)27-30-26(31-36-27)22-5-3-4-21-23(22)13-16-8-9-32(25(16)21)20-11-18(12-20)28(33)34;1-15(2)23(14-33)32-25(34)12-18-11-22-20(26(18)32)6-5-7-21(22)27-30-28(36-31-27)17-8-9-24(35-16(3)4)19(10-17)13-29;1-14(2)33-22-8-7-16(9-18(22)12-27)26-28-25(29-34-26)20-6-4-5-19-21(20)10-17-11-23(32)30(24(17)19)15(3)13-31;1-14(2)33-21-7-6-15(10-17(21)13-26)24-27-25(29-28-24)19-5-3-4-18-20(19)11-16-12-22(32)30(8-9-31)23(16)18/h3-7,10,15-16,18,20,25H,8-9,11-13H2,1-2H3,(H,33,34);5-10,15-16,18,23,26,33H,11-12,14H2,1-4H3;4-9,14-15,17,24,31H,10-11,13H2,1-3H3;3-7,10,14,16,23,31H,8-9,11-12H2,1-2H3,(H,27,28,29). The van der Waals surface area contributed by atoms with Crippen LogP contribution in [0.4, 0.5) is 0 Å². The summed E-state index contributed by atoms with van der Waals surface area (Å²) in [5.74, 6) is 6.45. The van der Waals surface area contributed by atoms with Crippen molar-refractivity contribution in [2.24, 2.45) is 35.5 Å². The monoisotopic (exact) mass is 1870 g/mol. The SMILES string of the molecule is CC(C)Oc1ccc(-c2n[nH]c(-c3cccc4c3CC3CC(=O)N(CCO)C43)n2)cc1C#N.CC(C)Oc1ccc(-c2nc(-c3cccc4c3CC3CC(=O)N(C(C)CO)C43)no2)cc1C#N.CC(C)Oc1ccc(-c2nc(-c3cccc4c3CC3CC(=O)N(C(CO)C(C)C)C43)no2)cc1C#N.CC(C)Oc1ccc(-c2nc(-c3cccc4c3CC3CCN(C5CC(C(=O)O)C5)C43)no2)cc1C#N. The molecule has 4 aliphatic heterocycles. The highest BCUT2D eigenvalue weighted by Crippen LogP contribution is 2.56. The van der Waals surface area contributed by atoms with Gasteiger partial charge in [0.2, 0.25) is 35.2 Å². The van der Waals surface area contributed by atoms with Gasteiger partial charge in [0.05, 0.1) is 103 Å². The Labute approximate surface area is 804 Å². The Morgan fingerprint density at radius 3 is 1.24 bits per heavy atom. The second-order valence-corrected chi connectivity index (χ2v) is 38.6. The summed E-state index contributed by atoms with van der Waals surface area (Å²) in [5.41, 5.74) is 17.4. The molecule has 12 aromatic rings. The van der Waals surface area contributed by atoms with E-state index in [2.05, 4.69) is 89.1 Å². The van der Waals surface area contributed by atoms with Gasteiger partial charge in [0.25, 0.3) is 17.7 Å². The lowest BCUT2D eigenvalue weighted by atomic mass is 9.79. The highest BCUT2D eigenvalue weighted by molar-refractivity contribution is 5.84. The molecule has 10 atom stereocenters. The highest BCUT2D eigenvalue weighted by Gasteiger charge is 2.53. The van der Waals surface area contributed by atoms with Crippen LogP contribution >= 0.6 is 0 Å². The largest absolute Gasteiger partial charge is 0.490 e. The molecule has 1 saturated carbocycles. The summed E-state index contributed by atoms with van der Waals surface area (Å²) in [6, 6.07) is 54.3. The first-order valence-electron chi connectivity index (χ1n) is 47.6. The fraction of sp³-hybridized carbons (Fsp3) is 0.402. The molecule has 3 amide bonds. The van der Waals surface area contributed by atoms with E-state index in [0.29, 0.717) is 153 Å². The minimum atomic E-state index is -0.673. The number of nitriles is 4. The van der Waals surface area contributed by atoms with Crippen LogP contribution in [0.3, 0.4) is 0 Å². The Morgan fingerprint density at radius 2 is 0.827 bits per heavy atom. The summed E-state index contributed by atoms with van der Waals surface area (Å²) in [4.78, 5) is 75.9. The van der Waals surface area contributed by atoms with Gasteiger partial charge in [0.1, 0.15) is 47.3 Å². The van der Waals surface area contributed by atoms with Crippen molar-refractivity contribution in [2.45, 2.75) is 207 Å². The maximum Gasteiger partial charge on any atom is 0.306 e. The molecule has 32 heteroatoms. The Hall–Kier alpha value is -14.8. The van der Waals surface area contributed by atoms with Gasteiger partial charge in [-0.3, -0.25) is 29.2 Å². The van der Waals surface area contributed by atoms with E-state index in [0.717, 1.165) is 107 Å². The molecule has 0 radical (unpaired) electrons. The quantitative estimate of drug-likeness (QED) is 0.0355. The number of carboxylic acid groups (broad SMARTS) is 1. The van der Waals surface area contributed by atoms with Crippen molar-refractivity contribution in [1.29, 1.82) is 21.0 Å². The van der Waals surface area contributed by atoms with Gasteiger partial charge in [0, 0.05) is 82.4 Å². The maximum atomic E-state index is 12.9. The van der Waals surface area contributed by atoms with Crippen LogP contribution in [-0.2, 0) is 44.9 Å². The molecular formula is C107H109N17O15. The summed E-state index contributed by atoms with van der Waals surface area (Å²) in [7, 11) is 0. The summed E-state index contributed by atoms with van der Waals surface area (Å²) < 4.78 is 39.6. The van der Waals surface area contributed by atoms with Gasteiger partial charge in [-0.05, 0) is 261 Å². The molecule has 4 saturated heterocycles. The highest BCUT2D eigenvalue weighted by atomic mass is 16.5. The van der Waals surface area contributed by atoms with Gasteiger partial charge in [-0.1, -0.05) is 102 Å². The number of amides is 3. The van der Waals surface area contributed by atoms with Gasteiger partial charge in [-0.25, -0.2) is 4.98 Å². The molecule has 0 bridgehead atoms. The van der Waals surface area contributed by atoms with E-state index in [-0.39, 0.29) is 122 Å². The number of aromatic amines is 1. The number of β-amino-alcohol motifs (C(OH)–C–C–N with tert-alkyl or cyclic N) is 1. The van der Waals surface area contributed by atoms with E-state index in [1.807, 2.05) is 147 Å². The van der Waals surface area contributed by atoms with Crippen molar-refractivity contribution in [3.8, 4) is 139 Å². The number of carboxylic acids is 1. The lowest BCUT2D eigenvalue weighted by molar-refractivity contribution is -0.147. The van der Waals surface area contributed by atoms with Gasteiger partial charge < -0.3 is 67.6 Å². The van der Waals surface area contributed by atoms with Crippen molar-refractivity contribution in [2.75, 3.05) is 32.9 Å². The van der Waals surface area contributed by atoms with Crippen molar-refractivity contribution < 1.29 is 72.1 Å². The number of rotatable bonds is 25. The van der Waals surface area contributed by atoms with Gasteiger partial charge in [-0.2, -0.15) is 41.1 Å². The van der Waals surface area contributed by atoms with Crippen molar-refractivity contribution >= 4 is 23.7 Å². The summed E-state index contributed by atoms with van der Waals surface area (Å²) >= 11 is 0. The van der Waals surface area contributed by atoms with Gasteiger partial charge >= 0.3 is 5.97 Å². The lowest BCUT2D eigenvalue weighted by Crippen LogP contribution is -2.46. The third-order valence-corrected chi connectivity index (χ3v) is 27.9. The number of nitrogens with zero attached hydrogens (tertiary/aromatic N) is 16. The van der Waals surface area contributed by atoms with Crippen molar-refractivity contribution in [1.82, 2.24) is 65.2 Å². The second-order valence-electron chi connectivity index (χ2n) is 38.6. The molecule has 8 heterocycles. The molecular weight excluding hydrogens is 1760 g/mol. The minimum absolute atomic E-state index is 0.00804. The zero-order valence-corrected chi connectivity index (χ0v) is 79.2. The first-order valence-corrected chi connectivity index (χ1v) is 47.6. The Kier molecular flexibility index (Phi) is 27.0. The van der Waals surface area contributed by atoms with E-state index in [1.165, 1.54) is 16.7 Å². The van der Waals surface area contributed by atoms with E-state index >= 15 is 0 Å². The van der Waals surface area contributed by atoms with Crippen LogP contribution in [0, 0.1) is 80.8 Å². The fourth-order valence-electron chi connectivity index (χ4n) is 21.9. The molecule has 8 aromatic carbocycles. The van der Waals surface area contributed by atoms with Crippen LogP contribution in [0.2, 0.25) is 0 Å². The first kappa shape index (κ1) is 94.6. The number of hydrogen-bond acceptors (Lipinski definition) is 27. The Bertz CT molecular complexity index is 6880. The summed E-state index contributed by atoms with van der Waals surface area (Å²) in [6.07, 6.45) is 7.16. The van der Waals surface area contributed by atoms with Crippen LogP contribution in [-0.4, -0.2) is 185 Å². The van der Waals surface area contributed by atoms with Gasteiger partial charge in [-0.15, -0.1) is 0 Å². The van der Waals surface area contributed by atoms with E-state index < -0.39 is 5.97 Å². The zero-order valence-electron chi connectivity index (χ0n) is 79.2. The molecule has 4 aromatic heterocycles. The number of ether oxygens (including phenoxy) is 4. The molecule has 10 unspecified atom stereocenters. The molecule has 5 fully saturated rings. The third-order valence-electron chi connectivity index (χ3n) is 27.9. The number of aromatic nitrogens is 9. The van der Waals surface area contributed by atoms with Crippen molar-refractivity contribution in [3.63, 3.8) is 0 Å². The van der Waals surface area contributed by atoms with Crippen LogP contribution in [0.25, 0.3) is 91.3 Å². The van der Waals surface area contributed by atoms with E-state index in [9.17, 15) is 60.7 Å². The molecule has 0 spiro atoms.